The average Bonchev–Trinajstić information content (AvgIpc) is 3.16. The standard InChI is InChI=1S/C21H31N3O2.ClH/c1-2-19(16-7-4-3-5-8-16)21(26)24-13-10-17(11-14-24)23-20(25)15-18-9-6-12-22-18;/h3-5,7-8,17-19,22H,2,6,9-15H2,1H3,(H,23,25);1H. The Balaban J connectivity index is 0.00000261. The number of hydrogen-bond acceptors (Lipinski definition) is 3. The van der Waals surface area contributed by atoms with Crippen LogP contribution < -0.4 is 10.6 Å². The van der Waals surface area contributed by atoms with Crippen molar-refractivity contribution < 1.29 is 9.59 Å². The van der Waals surface area contributed by atoms with Crippen molar-refractivity contribution >= 4 is 24.2 Å². The number of nitrogens with zero attached hydrogens (tertiary/aromatic N) is 1. The number of carbonyl (C=O) groups excluding carboxylic acids is 2. The maximum Gasteiger partial charge on any atom is 0.230 e. The number of piperidine rings is 1. The van der Waals surface area contributed by atoms with E-state index in [1.807, 2.05) is 35.2 Å². The summed E-state index contributed by atoms with van der Waals surface area (Å²) in [7, 11) is 0. The summed E-state index contributed by atoms with van der Waals surface area (Å²) >= 11 is 0. The smallest absolute Gasteiger partial charge is 0.230 e. The Morgan fingerprint density at radius 1 is 1.19 bits per heavy atom. The van der Waals surface area contributed by atoms with Crippen LogP contribution in [-0.2, 0) is 9.59 Å². The number of likely N-dealkylation sites (tertiary alicyclic amines) is 1. The number of halogens is 1. The summed E-state index contributed by atoms with van der Waals surface area (Å²) in [5.41, 5.74) is 1.10. The molecular formula is C21H32ClN3O2. The molecule has 150 valence electrons. The van der Waals surface area contributed by atoms with Crippen molar-refractivity contribution in [2.45, 2.75) is 63.5 Å². The van der Waals surface area contributed by atoms with Crippen molar-refractivity contribution in [3.05, 3.63) is 35.9 Å². The summed E-state index contributed by atoms with van der Waals surface area (Å²) in [4.78, 5) is 27.1. The Kier molecular flexibility index (Phi) is 8.58. The zero-order chi connectivity index (χ0) is 18.4. The maximum absolute atomic E-state index is 12.9. The molecule has 0 aromatic heterocycles. The molecule has 6 heteroatoms. The fourth-order valence-corrected chi connectivity index (χ4v) is 4.14. The molecular weight excluding hydrogens is 362 g/mol. The number of hydrogen-bond donors (Lipinski definition) is 2. The van der Waals surface area contributed by atoms with Crippen molar-refractivity contribution in [3.8, 4) is 0 Å². The third kappa shape index (κ3) is 5.94. The second-order valence-electron chi connectivity index (χ2n) is 7.54. The molecule has 0 aliphatic carbocycles. The third-order valence-electron chi connectivity index (χ3n) is 5.67. The first-order chi connectivity index (χ1) is 12.7. The van der Waals surface area contributed by atoms with Gasteiger partial charge in [0.15, 0.2) is 0 Å². The van der Waals surface area contributed by atoms with Crippen LogP contribution in [0.5, 0.6) is 0 Å². The van der Waals surface area contributed by atoms with E-state index in [1.165, 1.54) is 6.42 Å². The monoisotopic (exact) mass is 393 g/mol. The van der Waals surface area contributed by atoms with Crippen LogP contribution in [0.25, 0.3) is 0 Å². The van der Waals surface area contributed by atoms with Crippen LogP contribution in [0.4, 0.5) is 0 Å². The lowest BCUT2D eigenvalue weighted by atomic mass is 9.93. The van der Waals surface area contributed by atoms with Gasteiger partial charge in [0.25, 0.3) is 0 Å². The van der Waals surface area contributed by atoms with Gasteiger partial charge in [0, 0.05) is 31.6 Å². The largest absolute Gasteiger partial charge is 0.353 e. The summed E-state index contributed by atoms with van der Waals surface area (Å²) in [6.07, 6.45) is 5.34. The Hall–Kier alpha value is -1.59. The van der Waals surface area contributed by atoms with Crippen LogP contribution in [0, 0.1) is 0 Å². The van der Waals surface area contributed by atoms with Gasteiger partial charge in [-0.3, -0.25) is 9.59 Å². The molecule has 5 nitrogen and oxygen atoms in total. The Morgan fingerprint density at radius 3 is 2.48 bits per heavy atom. The number of nitrogens with one attached hydrogen (secondary N) is 2. The van der Waals surface area contributed by atoms with Crippen LogP contribution in [-0.4, -0.2) is 48.4 Å². The van der Waals surface area contributed by atoms with Gasteiger partial charge < -0.3 is 15.5 Å². The third-order valence-corrected chi connectivity index (χ3v) is 5.67. The summed E-state index contributed by atoms with van der Waals surface area (Å²) in [5.74, 6) is 0.305. The molecule has 2 saturated heterocycles. The number of carbonyl (C=O) groups is 2. The van der Waals surface area contributed by atoms with Gasteiger partial charge in [-0.2, -0.15) is 0 Å². The van der Waals surface area contributed by atoms with Crippen LogP contribution in [0.2, 0.25) is 0 Å². The van der Waals surface area contributed by atoms with E-state index < -0.39 is 0 Å². The minimum Gasteiger partial charge on any atom is -0.353 e. The molecule has 0 radical (unpaired) electrons. The predicted octanol–water partition coefficient (Wildman–Crippen LogP) is 2.85. The Labute approximate surface area is 168 Å². The summed E-state index contributed by atoms with van der Waals surface area (Å²) in [5, 5.41) is 6.53. The highest BCUT2D eigenvalue weighted by atomic mass is 35.5. The molecule has 0 bridgehead atoms. The van der Waals surface area contributed by atoms with E-state index in [9.17, 15) is 9.59 Å². The van der Waals surface area contributed by atoms with E-state index in [4.69, 9.17) is 0 Å². The van der Waals surface area contributed by atoms with Crippen molar-refractivity contribution in [2.75, 3.05) is 19.6 Å². The molecule has 2 N–H and O–H groups in total. The highest BCUT2D eigenvalue weighted by molar-refractivity contribution is 5.85. The van der Waals surface area contributed by atoms with Crippen molar-refractivity contribution in [2.24, 2.45) is 0 Å². The van der Waals surface area contributed by atoms with Gasteiger partial charge in [-0.15, -0.1) is 12.4 Å². The van der Waals surface area contributed by atoms with Crippen molar-refractivity contribution in [1.82, 2.24) is 15.5 Å². The highest BCUT2D eigenvalue weighted by Crippen LogP contribution is 2.24. The minimum absolute atomic E-state index is 0. The van der Waals surface area contributed by atoms with Gasteiger partial charge in [0.1, 0.15) is 0 Å². The van der Waals surface area contributed by atoms with Gasteiger partial charge >= 0.3 is 0 Å². The minimum atomic E-state index is -0.0595. The molecule has 1 aromatic carbocycles. The quantitative estimate of drug-likeness (QED) is 0.781. The highest BCUT2D eigenvalue weighted by Gasteiger charge is 2.29. The molecule has 2 amide bonds. The first kappa shape index (κ1) is 21.7. The van der Waals surface area contributed by atoms with Gasteiger partial charge in [-0.25, -0.2) is 0 Å². The molecule has 1 aromatic rings. The van der Waals surface area contributed by atoms with Gasteiger partial charge in [0.2, 0.25) is 11.8 Å². The molecule has 2 unspecified atom stereocenters. The van der Waals surface area contributed by atoms with Gasteiger partial charge in [-0.1, -0.05) is 37.3 Å². The summed E-state index contributed by atoms with van der Waals surface area (Å²) < 4.78 is 0. The van der Waals surface area contributed by atoms with E-state index in [1.54, 1.807) is 0 Å². The topological polar surface area (TPSA) is 61.4 Å². The normalized spacial score (nSPS) is 21.4. The van der Waals surface area contributed by atoms with Crippen LogP contribution in [0.3, 0.4) is 0 Å². The van der Waals surface area contributed by atoms with Crippen LogP contribution in [0.15, 0.2) is 30.3 Å². The summed E-state index contributed by atoms with van der Waals surface area (Å²) in [6.45, 7) is 4.56. The van der Waals surface area contributed by atoms with E-state index in [0.717, 1.165) is 50.9 Å². The van der Waals surface area contributed by atoms with Gasteiger partial charge in [0.05, 0.1) is 5.92 Å². The lowest BCUT2D eigenvalue weighted by Gasteiger charge is -2.34. The zero-order valence-electron chi connectivity index (χ0n) is 16.2. The number of benzene rings is 1. The second kappa shape index (κ2) is 10.7. The molecule has 27 heavy (non-hydrogen) atoms. The second-order valence-corrected chi connectivity index (χ2v) is 7.54. The molecule has 2 aliphatic heterocycles. The molecule has 2 fully saturated rings. The van der Waals surface area contributed by atoms with E-state index in [2.05, 4.69) is 17.6 Å². The first-order valence-electron chi connectivity index (χ1n) is 10.0. The van der Waals surface area contributed by atoms with Crippen molar-refractivity contribution in [1.29, 1.82) is 0 Å². The maximum atomic E-state index is 12.9. The number of rotatable bonds is 6. The molecule has 3 rings (SSSR count). The molecule has 0 spiro atoms. The van der Waals surface area contributed by atoms with Crippen molar-refractivity contribution in [3.63, 3.8) is 0 Å². The Morgan fingerprint density at radius 2 is 1.89 bits per heavy atom. The summed E-state index contributed by atoms with van der Waals surface area (Å²) in [6, 6.07) is 10.6. The Bertz CT molecular complexity index is 597. The lowest BCUT2D eigenvalue weighted by Crippen LogP contribution is -2.48. The lowest BCUT2D eigenvalue weighted by molar-refractivity contribution is -0.134. The molecule has 0 saturated carbocycles. The fraction of sp³-hybridized carbons (Fsp3) is 0.619. The molecule has 2 heterocycles. The van der Waals surface area contributed by atoms with E-state index >= 15 is 0 Å². The number of amides is 2. The average molecular weight is 394 g/mol. The van der Waals surface area contributed by atoms with E-state index in [-0.39, 0.29) is 36.2 Å². The van der Waals surface area contributed by atoms with Crippen LogP contribution in [0.1, 0.15) is 56.9 Å². The molecule has 2 aliphatic rings. The SMILES string of the molecule is CCC(C(=O)N1CCC(NC(=O)CC2CCCN2)CC1)c1ccccc1.Cl. The fourth-order valence-electron chi connectivity index (χ4n) is 4.14. The predicted molar refractivity (Wildman–Crippen MR) is 110 cm³/mol. The van der Waals surface area contributed by atoms with Crippen LogP contribution >= 0.6 is 12.4 Å². The zero-order valence-corrected chi connectivity index (χ0v) is 17.0. The van der Waals surface area contributed by atoms with E-state index in [0.29, 0.717) is 12.5 Å². The van der Waals surface area contributed by atoms with Gasteiger partial charge in [-0.05, 0) is 44.2 Å². The molecule has 2 atom stereocenters. The first-order valence-corrected chi connectivity index (χ1v) is 10.0.